The highest BCUT2D eigenvalue weighted by Crippen LogP contribution is 2.38. The van der Waals surface area contributed by atoms with E-state index in [4.69, 9.17) is 9.47 Å². The largest absolute Gasteiger partial charge is 0.493 e. The second kappa shape index (κ2) is 6.75. The molecule has 4 rings (SSSR count). The van der Waals surface area contributed by atoms with Crippen molar-refractivity contribution in [3.63, 3.8) is 0 Å². The monoisotopic (exact) mass is 365 g/mol. The summed E-state index contributed by atoms with van der Waals surface area (Å²) in [4.78, 5) is 30.3. The molecule has 7 heteroatoms. The first-order chi connectivity index (χ1) is 13.1. The molecule has 7 nitrogen and oxygen atoms in total. The van der Waals surface area contributed by atoms with Crippen molar-refractivity contribution in [3.8, 4) is 11.5 Å². The van der Waals surface area contributed by atoms with Crippen molar-refractivity contribution in [3.05, 3.63) is 64.2 Å². The Morgan fingerprint density at radius 1 is 1.11 bits per heavy atom. The maximum absolute atomic E-state index is 12.9. The Morgan fingerprint density at radius 3 is 2.56 bits per heavy atom. The molecule has 1 aromatic heterocycles. The number of amides is 1. The van der Waals surface area contributed by atoms with Crippen molar-refractivity contribution >= 4 is 16.8 Å². The van der Waals surface area contributed by atoms with Gasteiger partial charge in [-0.25, -0.2) is 9.66 Å². The minimum Gasteiger partial charge on any atom is -0.493 e. The van der Waals surface area contributed by atoms with Crippen LogP contribution in [0.1, 0.15) is 34.9 Å². The molecule has 1 saturated carbocycles. The molecule has 2 aromatic carbocycles. The molecule has 0 spiro atoms. The third-order valence-electron chi connectivity index (χ3n) is 4.60. The molecule has 1 heterocycles. The molecule has 1 aliphatic carbocycles. The van der Waals surface area contributed by atoms with Crippen LogP contribution in [0.15, 0.2) is 47.3 Å². The lowest BCUT2D eigenvalue weighted by atomic mass is 10.2. The van der Waals surface area contributed by atoms with E-state index in [1.807, 2.05) is 12.1 Å². The predicted octanol–water partition coefficient (Wildman–Crippen LogP) is 2.68. The Balaban J connectivity index is 1.75. The van der Waals surface area contributed by atoms with Crippen LogP contribution in [0.4, 0.5) is 0 Å². The maximum atomic E-state index is 12.9. The minimum atomic E-state index is -0.419. The van der Waals surface area contributed by atoms with E-state index in [1.54, 1.807) is 30.3 Å². The molecule has 1 aliphatic rings. The molecule has 3 aromatic rings. The van der Waals surface area contributed by atoms with Crippen molar-refractivity contribution in [1.29, 1.82) is 0 Å². The fourth-order valence-corrected chi connectivity index (χ4v) is 3.02. The van der Waals surface area contributed by atoms with Gasteiger partial charge in [0.1, 0.15) is 5.82 Å². The first-order valence-electron chi connectivity index (χ1n) is 8.67. The summed E-state index contributed by atoms with van der Waals surface area (Å²) < 4.78 is 11.7. The fourth-order valence-electron chi connectivity index (χ4n) is 3.02. The number of aromatic nitrogens is 2. The van der Waals surface area contributed by atoms with Gasteiger partial charge in [-0.1, -0.05) is 12.1 Å². The second-order valence-corrected chi connectivity index (χ2v) is 6.41. The smallest absolute Gasteiger partial charge is 0.280 e. The van der Waals surface area contributed by atoms with Crippen LogP contribution < -0.4 is 20.5 Å². The molecule has 138 valence electrons. The number of rotatable bonds is 5. The number of carbonyl (C=O) groups excluding carboxylic acids is 1. The third-order valence-corrected chi connectivity index (χ3v) is 4.60. The van der Waals surface area contributed by atoms with E-state index in [-0.39, 0.29) is 11.5 Å². The summed E-state index contributed by atoms with van der Waals surface area (Å²) in [7, 11) is 3.03. The zero-order chi connectivity index (χ0) is 19.0. The number of carbonyl (C=O) groups is 1. The topological polar surface area (TPSA) is 82.5 Å². The van der Waals surface area contributed by atoms with Gasteiger partial charge in [-0.05, 0) is 43.2 Å². The SMILES string of the molecule is COc1ccc(C(=O)Nn2c(C3CC3)nc3ccccc3c2=O)cc1OC. The lowest BCUT2D eigenvalue weighted by molar-refractivity contribution is 0.101. The van der Waals surface area contributed by atoms with Gasteiger partial charge < -0.3 is 9.47 Å². The molecule has 0 atom stereocenters. The molecular formula is C20H19N3O4. The number of ether oxygens (including phenoxy) is 2. The van der Waals surface area contributed by atoms with Crippen LogP contribution in [0.25, 0.3) is 10.9 Å². The van der Waals surface area contributed by atoms with Crippen LogP contribution in [-0.2, 0) is 0 Å². The summed E-state index contributed by atoms with van der Waals surface area (Å²) in [6, 6.07) is 12.0. The Bertz CT molecular complexity index is 1090. The molecule has 0 saturated heterocycles. The van der Waals surface area contributed by atoms with Crippen LogP contribution in [0.5, 0.6) is 11.5 Å². The Labute approximate surface area is 155 Å². The number of benzene rings is 2. The van der Waals surface area contributed by atoms with E-state index in [9.17, 15) is 9.59 Å². The average Bonchev–Trinajstić information content (AvgIpc) is 3.54. The lowest BCUT2D eigenvalue weighted by Gasteiger charge is -2.15. The molecule has 1 fully saturated rings. The molecule has 0 bridgehead atoms. The first kappa shape index (κ1) is 17.1. The van der Waals surface area contributed by atoms with Crippen LogP contribution in [0.2, 0.25) is 0 Å². The summed E-state index contributed by atoms with van der Waals surface area (Å²) in [5.74, 6) is 1.33. The van der Waals surface area contributed by atoms with Gasteiger partial charge >= 0.3 is 0 Å². The number of para-hydroxylation sites is 1. The van der Waals surface area contributed by atoms with Crippen molar-refractivity contribution in [2.24, 2.45) is 0 Å². The number of nitrogens with zero attached hydrogens (tertiary/aromatic N) is 2. The normalized spacial score (nSPS) is 13.4. The highest BCUT2D eigenvalue weighted by atomic mass is 16.5. The maximum Gasteiger partial charge on any atom is 0.280 e. The zero-order valence-corrected chi connectivity index (χ0v) is 15.1. The summed E-state index contributed by atoms with van der Waals surface area (Å²) in [6.45, 7) is 0. The fraction of sp³-hybridized carbons (Fsp3) is 0.250. The highest BCUT2D eigenvalue weighted by molar-refractivity contribution is 6.00. The number of fused-ring (bicyclic) bond motifs is 1. The highest BCUT2D eigenvalue weighted by Gasteiger charge is 2.30. The third kappa shape index (κ3) is 3.12. The Kier molecular flexibility index (Phi) is 4.27. The molecule has 0 aliphatic heterocycles. The predicted molar refractivity (Wildman–Crippen MR) is 101 cm³/mol. The van der Waals surface area contributed by atoms with E-state index in [2.05, 4.69) is 10.4 Å². The number of methoxy groups -OCH3 is 2. The van der Waals surface area contributed by atoms with Crippen molar-refractivity contribution in [1.82, 2.24) is 9.66 Å². The molecule has 1 N–H and O–H groups in total. The lowest BCUT2D eigenvalue weighted by Crippen LogP contribution is -2.36. The van der Waals surface area contributed by atoms with Gasteiger partial charge in [0.25, 0.3) is 11.5 Å². The van der Waals surface area contributed by atoms with Gasteiger partial charge in [0.05, 0.1) is 25.1 Å². The van der Waals surface area contributed by atoms with Gasteiger partial charge in [-0.15, -0.1) is 0 Å². The average molecular weight is 365 g/mol. The van der Waals surface area contributed by atoms with Crippen molar-refractivity contribution in [2.75, 3.05) is 19.6 Å². The van der Waals surface area contributed by atoms with Gasteiger partial charge in [-0.2, -0.15) is 0 Å². The van der Waals surface area contributed by atoms with E-state index in [0.29, 0.717) is 33.8 Å². The van der Waals surface area contributed by atoms with Crippen molar-refractivity contribution in [2.45, 2.75) is 18.8 Å². The molecule has 27 heavy (non-hydrogen) atoms. The number of hydrogen-bond donors (Lipinski definition) is 1. The number of hydrogen-bond acceptors (Lipinski definition) is 5. The molecule has 0 radical (unpaired) electrons. The van der Waals surface area contributed by atoms with Gasteiger partial charge in [-0.3, -0.25) is 15.0 Å². The second-order valence-electron chi connectivity index (χ2n) is 6.41. The number of nitrogens with one attached hydrogen (secondary N) is 1. The Morgan fingerprint density at radius 2 is 1.85 bits per heavy atom. The molecule has 0 unspecified atom stereocenters. The van der Waals surface area contributed by atoms with Gasteiger partial charge in [0.15, 0.2) is 11.5 Å². The summed E-state index contributed by atoms with van der Waals surface area (Å²) in [6.07, 6.45) is 1.91. The quantitative estimate of drug-likeness (QED) is 0.752. The molecular weight excluding hydrogens is 346 g/mol. The van der Waals surface area contributed by atoms with Gasteiger partial charge in [0.2, 0.25) is 0 Å². The van der Waals surface area contributed by atoms with E-state index >= 15 is 0 Å². The summed E-state index contributed by atoms with van der Waals surface area (Å²) >= 11 is 0. The summed E-state index contributed by atoms with van der Waals surface area (Å²) in [5, 5.41) is 0.467. The van der Waals surface area contributed by atoms with Crippen LogP contribution in [-0.4, -0.2) is 29.8 Å². The zero-order valence-electron chi connectivity index (χ0n) is 15.1. The van der Waals surface area contributed by atoms with E-state index < -0.39 is 5.91 Å². The minimum absolute atomic E-state index is 0.188. The van der Waals surface area contributed by atoms with E-state index in [0.717, 1.165) is 12.8 Å². The first-order valence-corrected chi connectivity index (χ1v) is 8.67. The van der Waals surface area contributed by atoms with Gasteiger partial charge in [0, 0.05) is 11.5 Å². The van der Waals surface area contributed by atoms with Crippen LogP contribution >= 0.6 is 0 Å². The van der Waals surface area contributed by atoms with Crippen LogP contribution in [0, 0.1) is 0 Å². The van der Waals surface area contributed by atoms with Crippen LogP contribution in [0.3, 0.4) is 0 Å². The van der Waals surface area contributed by atoms with E-state index in [1.165, 1.54) is 18.9 Å². The standard InChI is InChI=1S/C20H19N3O4/c1-26-16-10-9-13(11-17(16)27-2)19(24)22-23-18(12-7-8-12)21-15-6-4-3-5-14(15)20(23)25/h3-6,9-12H,7-8H2,1-2H3,(H,22,24). The molecule has 1 amide bonds. The Hall–Kier alpha value is -3.35. The van der Waals surface area contributed by atoms with Crippen molar-refractivity contribution < 1.29 is 14.3 Å². The summed E-state index contributed by atoms with van der Waals surface area (Å²) in [5.41, 5.74) is 3.42.